The summed E-state index contributed by atoms with van der Waals surface area (Å²) in [6, 6.07) is 7.19. The fourth-order valence-electron chi connectivity index (χ4n) is 12.4. The number of hydrogen-bond acceptors (Lipinski definition) is 13. The first-order chi connectivity index (χ1) is 36.9. The van der Waals surface area contributed by atoms with E-state index in [1.807, 2.05) is 30.6 Å². The van der Waals surface area contributed by atoms with Gasteiger partial charge in [0.2, 0.25) is 17.6 Å². The number of likely N-dealkylation sites (tertiary alicyclic amines) is 2. The first-order valence-corrected chi connectivity index (χ1v) is 27.5. The first-order valence-electron chi connectivity index (χ1n) is 27.5. The van der Waals surface area contributed by atoms with Crippen LogP contribution in [0.4, 0.5) is 29.2 Å². The number of hydrogen-bond donors (Lipinski definition) is 2. The molecule has 77 heavy (non-hydrogen) atoms. The number of carbonyl (C=O) groups is 3. The molecule has 6 fully saturated rings. The molecule has 4 aromatic rings. The average molecular weight is 1070 g/mol. The lowest BCUT2D eigenvalue weighted by Gasteiger charge is -2.54. The molecular formula is C56H73F4N12O5+. The summed E-state index contributed by atoms with van der Waals surface area (Å²) in [7, 11) is 0. The van der Waals surface area contributed by atoms with E-state index in [0.717, 1.165) is 32.2 Å². The summed E-state index contributed by atoms with van der Waals surface area (Å²) < 4.78 is 74.4. The van der Waals surface area contributed by atoms with Crippen LogP contribution in [0.5, 0.6) is 23.0 Å². The van der Waals surface area contributed by atoms with Crippen LogP contribution >= 0.6 is 0 Å². The van der Waals surface area contributed by atoms with Gasteiger partial charge in [-0.05, 0) is 108 Å². The molecule has 6 aliphatic heterocycles. The number of aromatic nitrogens is 4. The van der Waals surface area contributed by atoms with Gasteiger partial charge >= 0.3 is 0 Å². The van der Waals surface area contributed by atoms with Crippen LogP contribution in [0.2, 0.25) is 0 Å². The second-order valence-electron chi connectivity index (χ2n) is 22.7. The maximum atomic E-state index is 16.4. The van der Waals surface area contributed by atoms with Crippen molar-refractivity contribution < 1.29 is 46.0 Å². The summed E-state index contributed by atoms with van der Waals surface area (Å²) in [5.74, 6) is 0.985. The molecule has 1 unspecified atom stereocenters. The van der Waals surface area contributed by atoms with Crippen LogP contribution in [0.3, 0.4) is 0 Å². The van der Waals surface area contributed by atoms with E-state index in [-0.39, 0.29) is 77.2 Å². The standard InChI is InChI=1S/C56H73F4N12O5/c1-7-66(35(3)4)27-37-21-38(57)9-11-45(37)76-48-28-69(34-64-51(48)71-31-56(32-71)13-17-67(18-14-56)53(74)43-23-40(59)25-62-43)49-42(60)24-44(65-49)54(75)68-19-15-55(16-20-68)29-70(30-55)50-47(26-61-33-63-50)77-46-12-10-39(58)22-41(46)52(73)72(8-2)36(5)6/h9-12,21-22,26,28,33-36,40,42-44,49,62,65H,7-8,13-20,23-25,27,29-32H2,1-6H3/q+1/t40-,42+,43+,44+,49?/m1/s1. The van der Waals surface area contributed by atoms with E-state index in [9.17, 15) is 27.6 Å². The highest BCUT2D eigenvalue weighted by Gasteiger charge is 2.51. The van der Waals surface area contributed by atoms with Gasteiger partial charge in [0.05, 0.1) is 23.8 Å². The molecule has 0 bridgehead atoms. The van der Waals surface area contributed by atoms with Crippen molar-refractivity contribution in [3.05, 3.63) is 84.2 Å². The van der Waals surface area contributed by atoms with Gasteiger partial charge in [0, 0.05) is 113 Å². The van der Waals surface area contributed by atoms with E-state index in [2.05, 4.69) is 56.1 Å². The summed E-state index contributed by atoms with van der Waals surface area (Å²) >= 11 is 0. The lowest BCUT2D eigenvalue weighted by molar-refractivity contribution is -0.733. The molecule has 17 nitrogen and oxygen atoms in total. The minimum atomic E-state index is -1.43. The zero-order valence-corrected chi connectivity index (χ0v) is 45.1. The van der Waals surface area contributed by atoms with Crippen LogP contribution in [0.1, 0.15) is 102 Å². The predicted molar refractivity (Wildman–Crippen MR) is 280 cm³/mol. The molecule has 2 N–H and O–H groups in total. The average Bonchev–Trinajstić information content (AvgIpc) is 4.03. The molecule has 3 amide bonds. The van der Waals surface area contributed by atoms with Crippen molar-refractivity contribution in [2.75, 3.05) is 81.8 Å². The number of ether oxygens (including phenoxy) is 2. The van der Waals surface area contributed by atoms with Crippen LogP contribution in [-0.4, -0.2) is 161 Å². The van der Waals surface area contributed by atoms with E-state index in [4.69, 9.17) is 14.5 Å². The summed E-state index contributed by atoms with van der Waals surface area (Å²) in [6.45, 7) is 18.5. The van der Waals surface area contributed by atoms with E-state index in [1.165, 1.54) is 42.9 Å². The van der Waals surface area contributed by atoms with Crippen LogP contribution in [0.15, 0.2) is 61.4 Å². The van der Waals surface area contributed by atoms with Crippen LogP contribution < -0.4 is 34.5 Å². The normalized spacial score (nSPS) is 23.7. The number of alkyl halides is 2. The van der Waals surface area contributed by atoms with Crippen molar-refractivity contribution >= 4 is 29.4 Å². The molecule has 5 atom stereocenters. The molecule has 8 heterocycles. The number of halogens is 4. The van der Waals surface area contributed by atoms with E-state index < -0.39 is 36.4 Å². The summed E-state index contributed by atoms with van der Waals surface area (Å²) in [4.78, 5) is 66.3. The Morgan fingerprint density at radius 2 is 1.35 bits per heavy atom. The van der Waals surface area contributed by atoms with Crippen molar-refractivity contribution in [2.45, 2.75) is 129 Å². The first kappa shape index (κ1) is 54.2. The number of benzene rings is 2. The maximum Gasteiger partial charge on any atom is 0.290 e. The Morgan fingerprint density at radius 3 is 1.94 bits per heavy atom. The molecule has 6 aliphatic rings. The maximum absolute atomic E-state index is 16.4. The predicted octanol–water partition coefficient (Wildman–Crippen LogP) is 6.58. The Labute approximate surface area is 448 Å². The molecule has 2 spiro atoms. The van der Waals surface area contributed by atoms with Gasteiger partial charge in [0.15, 0.2) is 23.9 Å². The van der Waals surface area contributed by atoms with Gasteiger partial charge in [-0.15, -0.1) is 0 Å². The summed E-state index contributed by atoms with van der Waals surface area (Å²) in [5.41, 5.74) is 0.627. The van der Waals surface area contributed by atoms with Gasteiger partial charge in [-0.1, -0.05) is 6.92 Å². The molecule has 0 radical (unpaired) electrons. The largest absolute Gasteiger partial charge is 0.451 e. The third-order valence-electron chi connectivity index (χ3n) is 17.0. The molecular weight excluding hydrogens is 997 g/mol. The Kier molecular flexibility index (Phi) is 15.7. The zero-order valence-electron chi connectivity index (χ0n) is 45.1. The highest BCUT2D eigenvalue weighted by molar-refractivity contribution is 5.97. The van der Waals surface area contributed by atoms with Crippen LogP contribution in [-0.2, 0) is 16.1 Å². The molecule has 0 saturated carbocycles. The molecule has 6 saturated heterocycles. The van der Waals surface area contributed by atoms with E-state index in [1.54, 1.807) is 28.1 Å². The molecule has 414 valence electrons. The fourth-order valence-corrected chi connectivity index (χ4v) is 12.4. The van der Waals surface area contributed by atoms with Gasteiger partial charge in [0.1, 0.15) is 41.8 Å². The highest BCUT2D eigenvalue weighted by atomic mass is 19.1. The van der Waals surface area contributed by atoms with Crippen molar-refractivity contribution in [2.24, 2.45) is 10.8 Å². The number of nitrogens with one attached hydrogen (secondary N) is 2. The highest BCUT2D eigenvalue weighted by Crippen LogP contribution is 2.47. The lowest BCUT2D eigenvalue weighted by Crippen LogP contribution is -2.62. The zero-order chi connectivity index (χ0) is 54.3. The Hall–Kier alpha value is -6.19. The van der Waals surface area contributed by atoms with Gasteiger partial charge < -0.3 is 39.3 Å². The van der Waals surface area contributed by atoms with Crippen LogP contribution in [0.25, 0.3) is 0 Å². The van der Waals surface area contributed by atoms with Crippen molar-refractivity contribution in [1.82, 2.24) is 45.2 Å². The number of nitrogens with zero attached hydrogens (tertiary/aromatic N) is 10. The second kappa shape index (κ2) is 22.3. The third-order valence-corrected chi connectivity index (χ3v) is 17.0. The minimum Gasteiger partial charge on any atom is -0.451 e. The molecule has 2 aromatic carbocycles. The third kappa shape index (κ3) is 11.3. The number of rotatable bonds is 16. The fraction of sp³-hybridized carbons (Fsp3) is 0.589. The molecule has 2 aromatic heterocycles. The van der Waals surface area contributed by atoms with Gasteiger partial charge in [-0.3, -0.25) is 24.6 Å². The minimum absolute atomic E-state index is 0.0286. The summed E-state index contributed by atoms with van der Waals surface area (Å²) in [5, 5.41) is 6.31. The molecule has 21 heteroatoms. The number of anilines is 2. The Balaban J connectivity index is 0.795. The second-order valence-corrected chi connectivity index (χ2v) is 22.7. The van der Waals surface area contributed by atoms with E-state index >= 15 is 4.39 Å². The SMILES string of the molecule is CCN(Cc1cc(F)ccc1Oc1c[n+](C2N[C@H](C(=O)N3CCC4(CC3)CN(c3ncncc3Oc3ccc(F)cc3C(=O)N(CC)C(C)C)C4)C[C@@H]2F)cnc1N1CC2(CCN(C(=O)[C@@H]3C[C@@H](F)CN3)CC2)C1)C(C)C. The number of carbonyl (C=O) groups excluding carboxylic acids is 3. The molecule has 10 rings (SSSR count). The van der Waals surface area contributed by atoms with Crippen molar-refractivity contribution in [3.63, 3.8) is 0 Å². The number of amides is 3. The number of piperidine rings is 2. The van der Waals surface area contributed by atoms with E-state index in [0.29, 0.717) is 99.9 Å². The van der Waals surface area contributed by atoms with Gasteiger partial charge in [-0.2, -0.15) is 0 Å². The Morgan fingerprint density at radius 1 is 0.753 bits per heavy atom. The Bertz CT molecular complexity index is 2800. The lowest BCUT2D eigenvalue weighted by atomic mass is 9.72. The van der Waals surface area contributed by atoms with Crippen LogP contribution in [0, 0.1) is 22.5 Å². The van der Waals surface area contributed by atoms with Crippen molar-refractivity contribution in [3.8, 4) is 23.0 Å². The topological polar surface area (TPSA) is 156 Å². The van der Waals surface area contributed by atoms with Gasteiger partial charge in [-0.25, -0.2) is 32.1 Å². The molecule has 0 aliphatic carbocycles. The van der Waals surface area contributed by atoms with Crippen molar-refractivity contribution in [1.29, 1.82) is 0 Å². The smallest absolute Gasteiger partial charge is 0.290 e. The quantitative estimate of drug-likeness (QED) is 0.0919. The van der Waals surface area contributed by atoms with Gasteiger partial charge in [0.25, 0.3) is 18.1 Å². The summed E-state index contributed by atoms with van der Waals surface area (Å²) in [6.07, 6.45) is 6.14. The monoisotopic (exact) mass is 1070 g/mol.